The summed E-state index contributed by atoms with van der Waals surface area (Å²) in [4.78, 5) is 28.5. The molecule has 3 aliphatic rings. The van der Waals surface area contributed by atoms with Crippen LogP contribution < -0.4 is 4.90 Å². The molecule has 1 aromatic carbocycles. The maximum absolute atomic E-state index is 12.9. The number of rotatable bonds is 3. The van der Waals surface area contributed by atoms with Gasteiger partial charge in [-0.25, -0.2) is 0 Å². The van der Waals surface area contributed by atoms with Crippen LogP contribution in [-0.4, -0.2) is 61.8 Å². The van der Waals surface area contributed by atoms with E-state index in [2.05, 4.69) is 0 Å². The Labute approximate surface area is 160 Å². The highest BCUT2D eigenvalue weighted by Crippen LogP contribution is 2.37. The number of benzene rings is 1. The summed E-state index contributed by atoms with van der Waals surface area (Å²) in [5.74, 6) is 0.213. The number of likely N-dealkylation sites (tertiary alicyclic amines) is 1. The van der Waals surface area contributed by atoms with Crippen molar-refractivity contribution in [3.05, 3.63) is 29.8 Å². The van der Waals surface area contributed by atoms with Crippen LogP contribution in [0.3, 0.4) is 0 Å². The fraction of sp³-hybridized carbons (Fsp3) is 0.619. The number of carbonyl (C=O) groups excluding carboxylic acids is 2. The van der Waals surface area contributed by atoms with E-state index >= 15 is 0 Å². The van der Waals surface area contributed by atoms with Gasteiger partial charge in [0.1, 0.15) is 0 Å². The van der Waals surface area contributed by atoms with E-state index in [0.717, 1.165) is 50.9 Å². The first kappa shape index (κ1) is 18.4. The summed E-state index contributed by atoms with van der Waals surface area (Å²) in [5.41, 5.74) is 1.32. The van der Waals surface area contributed by atoms with Crippen LogP contribution in [0.2, 0.25) is 0 Å². The first-order valence-electron chi connectivity index (χ1n) is 9.99. The molecule has 0 saturated carbocycles. The standard InChI is InChI=1S/C21H28N2O4/c1-26-18-4-3-15-27-21(18)10-13-22(14-11-21)20(25)16-6-8-17(9-7-16)23-12-2-5-19(23)24/h6-9,18H,2-5,10-15H2,1H3/t18-/m0/s1. The third-order valence-corrected chi connectivity index (χ3v) is 6.27. The maximum Gasteiger partial charge on any atom is 0.253 e. The fourth-order valence-electron chi connectivity index (χ4n) is 4.68. The first-order chi connectivity index (χ1) is 13.1. The summed E-state index contributed by atoms with van der Waals surface area (Å²) in [6, 6.07) is 7.44. The number of anilines is 1. The van der Waals surface area contributed by atoms with Gasteiger partial charge in [0.15, 0.2) is 0 Å². The molecule has 3 fully saturated rings. The van der Waals surface area contributed by atoms with Crippen molar-refractivity contribution < 1.29 is 19.1 Å². The van der Waals surface area contributed by atoms with Gasteiger partial charge in [0.05, 0.1) is 11.7 Å². The lowest BCUT2D eigenvalue weighted by Crippen LogP contribution is -2.56. The highest BCUT2D eigenvalue weighted by atomic mass is 16.5. The number of ether oxygens (including phenoxy) is 2. The molecular weight excluding hydrogens is 344 g/mol. The first-order valence-corrected chi connectivity index (χ1v) is 9.99. The SMILES string of the molecule is CO[C@H]1CCCOC12CCN(C(=O)c1ccc(N3CCCC3=O)cc1)CC2. The third-order valence-electron chi connectivity index (χ3n) is 6.27. The van der Waals surface area contributed by atoms with Gasteiger partial charge in [-0.15, -0.1) is 0 Å². The number of amides is 2. The molecule has 1 aromatic rings. The van der Waals surface area contributed by atoms with Crippen molar-refractivity contribution in [3.8, 4) is 0 Å². The molecule has 0 aromatic heterocycles. The topological polar surface area (TPSA) is 59.1 Å². The van der Waals surface area contributed by atoms with Crippen molar-refractivity contribution in [3.63, 3.8) is 0 Å². The Bertz CT molecular complexity index is 695. The number of nitrogens with zero attached hydrogens (tertiary/aromatic N) is 2. The average Bonchev–Trinajstić information content (AvgIpc) is 3.14. The largest absolute Gasteiger partial charge is 0.378 e. The number of hydrogen-bond acceptors (Lipinski definition) is 4. The maximum atomic E-state index is 12.9. The second-order valence-corrected chi connectivity index (χ2v) is 7.77. The summed E-state index contributed by atoms with van der Waals surface area (Å²) in [6.07, 6.45) is 5.34. The molecule has 1 spiro atoms. The summed E-state index contributed by atoms with van der Waals surface area (Å²) >= 11 is 0. The average molecular weight is 372 g/mol. The number of methoxy groups -OCH3 is 1. The summed E-state index contributed by atoms with van der Waals surface area (Å²) in [7, 11) is 1.76. The smallest absolute Gasteiger partial charge is 0.253 e. The highest BCUT2D eigenvalue weighted by Gasteiger charge is 2.45. The van der Waals surface area contributed by atoms with E-state index < -0.39 is 0 Å². The molecule has 6 heteroatoms. The van der Waals surface area contributed by atoms with Gasteiger partial charge in [-0.1, -0.05) is 0 Å². The van der Waals surface area contributed by atoms with Crippen molar-refractivity contribution in [2.24, 2.45) is 0 Å². The van der Waals surface area contributed by atoms with E-state index in [4.69, 9.17) is 9.47 Å². The van der Waals surface area contributed by atoms with Crippen LogP contribution in [0.25, 0.3) is 0 Å². The Kier molecular flexibility index (Phi) is 5.19. The van der Waals surface area contributed by atoms with E-state index in [-0.39, 0.29) is 23.5 Å². The van der Waals surface area contributed by atoms with Crippen LogP contribution in [0, 0.1) is 0 Å². The van der Waals surface area contributed by atoms with Crippen molar-refractivity contribution in [1.29, 1.82) is 0 Å². The monoisotopic (exact) mass is 372 g/mol. The number of hydrogen-bond donors (Lipinski definition) is 0. The van der Waals surface area contributed by atoms with Gasteiger partial charge in [0, 0.05) is 51.0 Å². The Morgan fingerprint density at radius 3 is 2.52 bits per heavy atom. The van der Waals surface area contributed by atoms with Crippen LogP contribution >= 0.6 is 0 Å². The van der Waals surface area contributed by atoms with E-state index in [1.165, 1.54) is 0 Å². The third kappa shape index (κ3) is 3.48. The molecule has 3 aliphatic heterocycles. The predicted molar refractivity (Wildman–Crippen MR) is 102 cm³/mol. The van der Waals surface area contributed by atoms with E-state index in [1.807, 2.05) is 29.2 Å². The fourth-order valence-corrected chi connectivity index (χ4v) is 4.68. The van der Waals surface area contributed by atoms with Gasteiger partial charge in [-0.2, -0.15) is 0 Å². The summed E-state index contributed by atoms with van der Waals surface area (Å²) in [6.45, 7) is 2.92. The van der Waals surface area contributed by atoms with Crippen molar-refractivity contribution in [2.45, 2.75) is 50.2 Å². The van der Waals surface area contributed by atoms with Gasteiger partial charge in [-0.3, -0.25) is 9.59 Å². The normalized spacial score (nSPS) is 25.2. The lowest BCUT2D eigenvalue weighted by molar-refractivity contribution is -0.183. The molecule has 2 amide bonds. The van der Waals surface area contributed by atoms with Crippen molar-refractivity contribution >= 4 is 17.5 Å². The zero-order chi connectivity index (χ0) is 18.9. The highest BCUT2D eigenvalue weighted by molar-refractivity contribution is 5.97. The predicted octanol–water partition coefficient (Wildman–Crippen LogP) is 2.61. The number of carbonyl (C=O) groups is 2. The van der Waals surface area contributed by atoms with Crippen molar-refractivity contribution in [1.82, 2.24) is 4.90 Å². The number of piperidine rings is 1. The summed E-state index contributed by atoms with van der Waals surface area (Å²) < 4.78 is 11.8. The lowest BCUT2D eigenvalue weighted by atomic mass is 9.81. The molecule has 0 aliphatic carbocycles. The van der Waals surface area contributed by atoms with Gasteiger partial charge in [0.2, 0.25) is 5.91 Å². The summed E-state index contributed by atoms with van der Waals surface area (Å²) in [5, 5.41) is 0. The molecule has 0 unspecified atom stereocenters. The molecule has 0 N–H and O–H groups in total. The minimum atomic E-state index is -0.232. The quantitative estimate of drug-likeness (QED) is 0.818. The Morgan fingerprint density at radius 2 is 1.89 bits per heavy atom. The second-order valence-electron chi connectivity index (χ2n) is 7.77. The van der Waals surface area contributed by atoms with Gasteiger partial charge in [0.25, 0.3) is 5.91 Å². The minimum absolute atomic E-state index is 0.0499. The van der Waals surface area contributed by atoms with Crippen LogP contribution in [0.5, 0.6) is 0 Å². The zero-order valence-corrected chi connectivity index (χ0v) is 16.0. The molecule has 0 radical (unpaired) electrons. The molecule has 3 heterocycles. The lowest BCUT2D eigenvalue weighted by Gasteiger charge is -2.48. The van der Waals surface area contributed by atoms with Crippen LogP contribution in [-0.2, 0) is 14.3 Å². The molecule has 1 atom stereocenters. The zero-order valence-electron chi connectivity index (χ0n) is 16.0. The van der Waals surface area contributed by atoms with Crippen molar-refractivity contribution in [2.75, 3.05) is 38.3 Å². The molecule has 0 bridgehead atoms. The van der Waals surface area contributed by atoms with Gasteiger partial charge in [-0.05, 0) is 56.4 Å². The van der Waals surface area contributed by atoms with Gasteiger partial charge >= 0.3 is 0 Å². The Balaban J connectivity index is 1.40. The Morgan fingerprint density at radius 1 is 1.15 bits per heavy atom. The van der Waals surface area contributed by atoms with E-state index in [9.17, 15) is 9.59 Å². The Hall–Kier alpha value is -1.92. The van der Waals surface area contributed by atoms with Crippen LogP contribution in [0.15, 0.2) is 24.3 Å². The molecule has 27 heavy (non-hydrogen) atoms. The van der Waals surface area contributed by atoms with Crippen LogP contribution in [0.4, 0.5) is 5.69 Å². The van der Waals surface area contributed by atoms with Crippen LogP contribution in [0.1, 0.15) is 48.9 Å². The minimum Gasteiger partial charge on any atom is -0.378 e. The molecule has 146 valence electrons. The molecule has 6 nitrogen and oxygen atoms in total. The van der Waals surface area contributed by atoms with E-state index in [0.29, 0.717) is 25.1 Å². The second kappa shape index (κ2) is 7.60. The van der Waals surface area contributed by atoms with E-state index in [1.54, 1.807) is 12.0 Å². The van der Waals surface area contributed by atoms with Gasteiger partial charge < -0.3 is 19.3 Å². The molecular formula is C21H28N2O4. The molecule has 3 saturated heterocycles. The molecule has 4 rings (SSSR count).